The Hall–Kier alpha value is -5.01. The third-order valence-corrected chi connectivity index (χ3v) is 4.71. The van der Waals surface area contributed by atoms with Crippen molar-refractivity contribution in [1.29, 1.82) is 10.5 Å². The van der Waals surface area contributed by atoms with E-state index < -0.39 is 5.56 Å². The van der Waals surface area contributed by atoms with Crippen molar-refractivity contribution in [2.75, 3.05) is 5.43 Å². The summed E-state index contributed by atoms with van der Waals surface area (Å²) in [5.74, 6) is 0.120. The summed E-state index contributed by atoms with van der Waals surface area (Å²) in [6.07, 6.45) is 1.58. The molecular formula is C25H16N6O. The normalized spacial score (nSPS) is 10.4. The molecule has 1 aromatic heterocycles. The third kappa shape index (κ3) is 4.28. The van der Waals surface area contributed by atoms with E-state index >= 15 is 0 Å². The Labute approximate surface area is 183 Å². The number of hydrogen-bond donors (Lipinski definition) is 2. The topological polar surface area (TPSA) is 118 Å². The second-order valence-electron chi connectivity index (χ2n) is 6.77. The minimum Gasteiger partial charge on any atom is -0.290 e. The van der Waals surface area contributed by atoms with Gasteiger partial charge in [0.1, 0.15) is 11.6 Å². The standard InChI is InChI=1S/C25H16N6O/c26-14-20-10-4-5-12-21(20)19-11-6-7-17(13-19)16-28-31-25-29-23(18-8-2-1-3-9-18)22(15-27)24(32)30-25/h1-13,16H,(H2,29,30,31,32). The number of aromatic nitrogens is 2. The van der Waals surface area contributed by atoms with Crippen LogP contribution in [-0.2, 0) is 0 Å². The zero-order valence-corrected chi connectivity index (χ0v) is 16.8. The molecule has 0 saturated carbocycles. The lowest BCUT2D eigenvalue weighted by Crippen LogP contribution is -2.16. The Morgan fingerprint density at radius 2 is 1.66 bits per heavy atom. The van der Waals surface area contributed by atoms with Gasteiger partial charge in [0.2, 0.25) is 5.95 Å². The van der Waals surface area contributed by atoms with Crippen LogP contribution in [0.1, 0.15) is 16.7 Å². The van der Waals surface area contributed by atoms with Gasteiger partial charge in [0.05, 0.1) is 23.5 Å². The molecule has 0 amide bonds. The van der Waals surface area contributed by atoms with Crippen LogP contribution in [0.25, 0.3) is 22.4 Å². The quantitative estimate of drug-likeness (QED) is 0.372. The van der Waals surface area contributed by atoms with Gasteiger partial charge in [0.15, 0.2) is 0 Å². The third-order valence-electron chi connectivity index (χ3n) is 4.71. The zero-order chi connectivity index (χ0) is 22.3. The van der Waals surface area contributed by atoms with E-state index in [4.69, 9.17) is 0 Å². The molecule has 1 heterocycles. The average Bonchev–Trinajstić information content (AvgIpc) is 2.84. The molecule has 0 aliphatic rings. The molecule has 32 heavy (non-hydrogen) atoms. The van der Waals surface area contributed by atoms with Gasteiger partial charge in [-0.1, -0.05) is 66.7 Å². The molecule has 152 valence electrons. The molecule has 0 fully saturated rings. The molecule has 0 saturated heterocycles. The van der Waals surface area contributed by atoms with Crippen molar-refractivity contribution in [3.63, 3.8) is 0 Å². The van der Waals surface area contributed by atoms with Gasteiger partial charge >= 0.3 is 0 Å². The molecule has 0 aliphatic carbocycles. The van der Waals surface area contributed by atoms with Crippen molar-refractivity contribution in [1.82, 2.24) is 9.97 Å². The first kappa shape index (κ1) is 20.3. The lowest BCUT2D eigenvalue weighted by atomic mass is 9.99. The molecule has 0 aliphatic heterocycles. The molecule has 7 nitrogen and oxygen atoms in total. The van der Waals surface area contributed by atoms with Crippen LogP contribution >= 0.6 is 0 Å². The van der Waals surface area contributed by atoms with Crippen LogP contribution in [0.5, 0.6) is 0 Å². The van der Waals surface area contributed by atoms with E-state index in [1.807, 2.05) is 66.7 Å². The zero-order valence-electron chi connectivity index (χ0n) is 16.8. The maximum atomic E-state index is 12.3. The predicted octanol–water partition coefficient (Wildman–Crippen LogP) is 4.29. The highest BCUT2D eigenvalue weighted by Gasteiger charge is 2.12. The first-order chi connectivity index (χ1) is 15.7. The largest absolute Gasteiger partial charge is 0.290 e. The molecule has 0 radical (unpaired) electrons. The van der Waals surface area contributed by atoms with Gasteiger partial charge in [-0.05, 0) is 28.8 Å². The minimum absolute atomic E-state index is 0.0606. The van der Waals surface area contributed by atoms with Crippen LogP contribution in [0.4, 0.5) is 5.95 Å². The Balaban J connectivity index is 1.60. The number of nitrogens with zero attached hydrogens (tertiary/aromatic N) is 4. The number of nitrogens with one attached hydrogen (secondary N) is 2. The van der Waals surface area contributed by atoms with Crippen LogP contribution in [0.2, 0.25) is 0 Å². The van der Waals surface area contributed by atoms with E-state index in [0.29, 0.717) is 11.1 Å². The highest BCUT2D eigenvalue weighted by molar-refractivity contribution is 5.83. The molecule has 2 N–H and O–H groups in total. The maximum Gasteiger partial charge on any atom is 0.270 e. The van der Waals surface area contributed by atoms with Crippen molar-refractivity contribution in [3.05, 3.63) is 106 Å². The summed E-state index contributed by atoms with van der Waals surface area (Å²) in [6.45, 7) is 0. The highest BCUT2D eigenvalue weighted by atomic mass is 16.1. The first-order valence-corrected chi connectivity index (χ1v) is 9.68. The monoisotopic (exact) mass is 416 g/mol. The number of nitriles is 2. The van der Waals surface area contributed by atoms with Crippen molar-refractivity contribution in [2.45, 2.75) is 0 Å². The molecular weight excluding hydrogens is 400 g/mol. The fraction of sp³-hybridized carbons (Fsp3) is 0. The molecule has 4 aromatic rings. The average molecular weight is 416 g/mol. The van der Waals surface area contributed by atoms with Crippen LogP contribution in [0.3, 0.4) is 0 Å². The molecule has 0 unspecified atom stereocenters. The van der Waals surface area contributed by atoms with Crippen molar-refractivity contribution in [3.8, 4) is 34.5 Å². The number of hydrogen-bond acceptors (Lipinski definition) is 6. The summed E-state index contributed by atoms with van der Waals surface area (Å²) in [6, 6.07) is 28.1. The highest BCUT2D eigenvalue weighted by Crippen LogP contribution is 2.24. The molecule has 7 heteroatoms. The Morgan fingerprint density at radius 3 is 2.44 bits per heavy atom. The molecule has 0 bridgehead atoms. The Kier molecular flexibility index (Phi) is 5.83. The maximum absolute atomic E-state index is 12.3. The fourth-order valence-electron chi connectivity index (χ4n) is 3.22. The van der Waals surface area contributed by atoms with Gasteiger partial charge in [0, 0.05) is 5.56 Å². The van der Waals surface area contributed by atoms with E-state index in [9.17, 15) is 15.3 Å². The summed E-state index contributed by atoms with van der Waals surface area (Å²) in [5, 5.41) is 22.9. The summed E-state index contributed by atoms with van der Waals surface area (Å²) >= 11 is 0. The first-order valence-electron chi connectivity index (χ1n) is 9.68. The number of anilines is 1. The van der Waals surface area contributed by atoms with E-state index in [-0.39, 0.29) is 17.2 Å². The fourth-order valence-corrected chi connectivity index (χ4v) is 3.22. The number of hydrazone groups is 1. The number of H-pyrrole nitrogens is 1. The molecule has 4 rings (SSSR count). The van der Waals surface area contributed by atoms with E-state index in [1.165, 1.54) is 0 Å². The van der Waals surface area contributed by atoms with E-state index in [2.05, 4.69) is 26.6 Å². The van der Waals surface area contributed by atoms with Crippen molar-refractivity contribution < 1.29 is 0 Å². The Bertz CT molecular complexity index is 1440. The Morgan fingerprint density at radius 1 is 0.906 bits per heavy atom. The summed E-state index contributed by atoms with van der Waals surface area (Å²) in [4.78, 5) is 19.2. The van der Waals surface area contributed by atoms with Crippen LogP contribution in [-0.4, -0.2) is 16.2 Å². The lowest BCUT2D eigenvalue weighted by Gasteiger charge is -2.06. The van der Waals surface area contributed by atoms with Gasteiger partial charge in [-0.3, -0.25) is 9.78 Å². The van der Waals surface area contributed by atoms with Gasteiger partial charge in [-0.15, -0.1) is 0 Å². The second kappa shape index (κ2) is 9.21. The molecule has 3 aromatic carbocycles. The summed E-state index contributed by atoms with van der Waals surface area (Å²) in [5.41, 5.74) is 6.16. The number of benzene rings is 3. The van der Waals surface area contributed by atoms with Gasteiger partial charge < -0.3 is 0 Å². The smallest absolute Gasteiger partial charge is 0.270 e. The minimum atomic E-state index is -0.547. The molecule has 0 spiro atoms. The SMILES string of the molecule is N#Cc1ccccc1-c1cccc(C=NNc2nc(-c3ccccc3)c(C#N)c(=O)[nH]2)c1. The van der Waals surface area contributed by atoms with Gasteiger partial charge in [-0.2, -0.15) is 15.6 Å². The number of rotatable bonds is 5. The van der Waals surface area contributed by atoms with Crippen LogP contribution in [0, 0.1) is 22.7 Å². The number of aromatic amines is 1. The van der Waals surface area contributed by atoms with E-state index in [0.717, 1.165) is 16.7 Å². The summed E-state index contributed by atoms with van der Waals surface area (Å²) in [7, 11) is 0. The van der Waals surface area contributed by atoms with Crippen LogP contribution in [0.15, 0.2) is 88.8 Å². The van der Waals surface area contributed by atoms with Crippen molar-refractivity contribution >= 4 is 12.2 Å². The van der Waals surface area contributed by atoms with Gasteiger partial charge in [-0.25, -0.2) is 10.4 Å². The molecule has 0 atom stereocenters. The predicted molar refractivity (Wildman–Crippen MR) is 123 cm³/mol. The van der Waals surface area contributed by atoms with Crippen molar-refractivity contribution in [2.24, 2.45) is 5.10 Å². The lowest BCUT2D eigenvalue weighted by molar-refractivity contribution is 1.08. The van der Waals surface area contributed by atoms with E-state index in [1.54, 1.807) is 24.4 Å². The second-order valence-corrected chi connectivity index (χ2v) is 6.77. The van der Waals surface area contributed by atoms with Crippen LogP contribution < -0.4 is 11.0 Å². The summed E-state index contributed by atoms with van der Waals surface area (Å²) < 4.78 is 0. The van der Waals surface area contributed by atoms with Gasteiger partial charge in [0.25, 0.3) is 5.56 Å².